The van der Waals surface area contributed by atoms with Gasteiger partial charge in [0.05, 0.1) is 6.61 Å². The van der Waals surface area contributed by atoms with Gasteiger partial charge in [-0.1, -0.05) is 49.4 Å². The topological polar surface area (TPSA) is 20.2 Å². The minimum Gasteiger partial charge on any atom is -0.395 e. The fourth-order valence-corrected chi connectivity index (χ4v) is 2.32. The average Bonchev–Trinajstić information content (AvgIpc) is 2.30. The molecule has 2 rings (SSSR count). The molecule has 1 aliphatic rings. The molecule has 0 bridgehead atoms. The second-order valence-corrected chi connectivity index (χ2v) is 4.14. The van der Waals surface area contributed by atoms with Crippen molar-refractivity contribution < 1.29 is 5.11 Å². The van der Waals surface area contributed by atoms with Crippen LogP contribution in [0.3, 0.4) is 0 Å². The van der Waals surface area contributed by atoms with Gasteiger partial charge in [-0.15, -0.1) is 6.58 Å². The van der Waals surface area contributed by atoms with Crippen LogP contribution in [-0.4, -0.2) is 11.7 Å². The van der Waals surface area contributed by atoms with Crippen molar-refractivity contribution in [2.24, 2.45) is 5.92 Å². The van der Waals surface area contributed by atoms with Crippen molar-refractivity contribution in [3.8, 4) is 0 Å². The average molecular weight is 200 g/mol. The molecule has 0 amide bonds. The fraction of sp³-hybridized carbons (Fsp3) is 0.286. The third-order valence-corrected chi connectivity index (χ3v) is 3.47. The highest BCUT2D eigenvalue weighted by Gasteiger charge is 2.36. The Bertz CT molecular complexity index is 406. The van der Waals surface area contributed by atoms with Gasteiger partial charge in [0.1, 0.15) is 0 Å². The molecule has 0 heterocycles. The first-order valence-electron chi connectivity index (χ1n) is 5.27. The van der Waals surface area contributed by atoms with Crippen LogP contribution in [-0.2, 0) is 5.41 Å². The molecule has 0 spiro atoms. The van der Waals surface area contributed by atoms with E-state index in [9.17, 15) is 5.11 Å². The van der Waals surface area contributed by atoms with E-state index >= 15 is 0 Å². The molecule has 78 valence electrons. The van der Waals surface area contributed by atoms with E-state index < -0.39 is 0 Å². The number of benzene rings is 1. The largest absolute Gasteiger partial charge is 0.395 e. The zero-order valence-electron chi connectivity index (χ0n) is 8.98. The van der Waals surface area contributed by atoms with E-state index in [1.54, 1.807) is 0 Å². The van der Waals surface area contributed by atoms with Gasteiger partial charge in [-0.2, -0.15) is 0 Å². The molecule has 1 nitrogen and oxygen atoms in total. The van der Waals surface area contributed by atoms with Crippen LogP contribution in [0.1, 0.15) is 18.1 Å². The Labute approximate surface area is 90.8 Å². The number of allylic oxidation sites excluding steroid dienone is 1. The summed E-state index contributed by atoms with van der Waals surface area (Å²) in [4.78, 5) is 0. The van der Waals surface area contributed by atoms with Gasteiger partial charge in [-0.3, -0.25) is 0 Å². The first-order chi connectivity index (χ1) is 7.24. The molecule has 15 heavy (non-hydrogen) atoms. The Kier molecular flexibility index (Phi) is 2.49. The molecule has 0 unspecified atom stereocenters. The molecular weight excluding hydrogens is 184 g/mol. The Morgan fingerprint density at radius 2 is 2.20 bits per heavy atom. The Hall–Kier alpha value is -1.34. The van der Waals surface area contributed by atoms with Crippen LogP contribution in [0, 0.1) is 5.92 Å². The van der Waals surface area contributed by atoms with E-state index in [1.165, 1.54) is 11.1 Å². The van der Waals surface area contributed by atoms with Crippen molar-refractivity contribution in [3.63, 3.8) is 0 Å². The van der Waals surface area contributed by atoms with Crippen LogP contribution < -0.4 is 0 Å². The Balaban J connectivity index is 2.65. The van der Waals surface area contributed by atoms with Crippen LogP contribution in [0.25, 0.3) is 6.08 Å². The monoisotopic (exact) mass is 200 g/mol. The van der Waals surface area contributed by atoms with E-state index in [-0.39, 0.29) is 17.9 Å². The van der Waals surface area contributed by atoms with Crippen molar-refractivity contribution >= 4 is 6.08 Å². The Morgan fingerprint density at radius 1 is 1.47 bits per heavy atom. The predicted octanol–water partition coefficient (Wildman–Crippen LogP) is 2.77. The fourth-order valence-electron chi connectivity index (χ4n) is 2.32. The highest BCUT2D eigenvalue weighted by atomic mass is 16.3. The van der Waals surface area contributed by atoms with Crippen molar-refractivity contribution in [2.75, 3.05) is 6.61 Å². The summed E-state index contributed by atoms with van der Waals surface area (Å²) in [6.07, 6.45) is 6.14. The molecule has 0 saturated heterocycles. The van der Waals surface area contributed by atoms with Crippen molar-refractivity contribution in [2.45, 2.75) is 12.3 Å². The zero-order chi connectivity index (χ0) is 10.9. The number of aliphatic hydroxyl groups is 1. The van der Waals surface area contributed by atoms with Crippen molar-refractivity contribution in [3.05, 3.63) is 54.1 Å². The first kappa shape index (κ1) is 10.2. The van der Waals surface area contributed by atoms with E-state index in [2.05, 4.69) is 37.8 Å². The summed E-state index contributed by atoms with van der Waals surface area (Å²) in [5.74, 6) is 0.287. The molecule has 1 aromatic rings. The van der Waals surface area contributed by atoms with Gasteiger partial charge < -0.3 is 5.11 Å². The summed E-state index contributed by atoms with van der Waals surface area (Å²) in [6, 6.07) is 8.18. The van der Waals surface area contributed by atoms with Gasteiger partial charge >= 0.3 is 0 Å². The molecule has 1 aromatic carbocycles. The maximum Gasteiger partial charge on any atom is 0.0568 e. The molecule has 0 aliphatic heterocycles. The molecule has 1 N–H and O–H groups in total. The van der Waals surface area contributed by atoms with Crippen LogP contribution in [0.2, 0.25) is 0 Å². The molecule has 0 aromatic heterocycles. The first-order valence-corrected chi connectivity index (χ1v) is 5.27. The lowest BCUT2D eigenvalue weighted by Crippen LogP contribution is -2.36. The quantitative estimate of drug-likeness (QED) is 0.728. The summed E-state index contributed by atoms with van der Waals surface area (Å²) in [7, 11) is 0. The van der Waals surface area contributed by atoms with Crippen LogP contribution in [0.4, 0.5) is 0 Å². The normalized spacial score (nSPS) is 28.5. The summed E-state index contributed by atoms with van der Waals surface area (Å²) >= 11 is 0. The lowest BCUT2D eigenvalue weighted by Gasteiger charge is -2.37. The van der Waals surface area contributed by atoms with Crippen LogP contribution in [0.15, 0.2) is 43.0 Å². The molecular formula is C14H16O. The van der Waals surface area contributed by atoms with E-state index in [1.807, 2.05) is 18.2 Å². The number of fused-ring (bicyclic) bond motifs is 1. The maximum atomic E-state index is 9.65. The SMILES string of the molecule is C=C[C@]1(CO)c2ccccc2C=C[C@@H]1C. The number of rotatable bonds is 2. The number of hydrogen-bond donors (Lipinski definition) is 1. The van der Waals surface area contributed by atoms with Crippen LogP contribution >= 0.6 is 0 Å². The van der Waals surface area contributed by atoms with E-state index in [0.29, 0.717) is 0 Å². The predicted molar refractivity (Wildman–Crippen MR) is 63.6 cm³/mol. The summed E-state index contributed by atoms with van der Waals surface area (Å²) in [5.41, 5.74) is 2.05. The van der Waals surface area contributed by atoms with E-state index in [0.717, 1.165) is 0 Å². The van der Waals surface area contributed by atoms with Crippen LogP contribution in [0.5, 0.6) is 0 Å². The zero-order valence-corrected chi connectivity index (χ0v) is 8.98. The highest BCUT2D eigenvalue weighted by Crippen LogP contribution is 2.40. The second kappa shape index (κ2) is 3.67. The molecule has 1 heteroatoms. The van der Waals surface area contributed by atoms with Gasteiger partial charge in [0, 0.05) is 5.41 Å². The smallest absolute Gasteiger partial charge is 0.0568 e. The summed E-state index contributed by atoms with van der Waals surface area (Å²) < 4.78 is 0. The standard InChI is InChI=1S/C14H16O/c1-3-14(10-15)11(2)8-9-12-6-4-5-7-13(12)14/h3-9,11,15H,1,10H2,2H3/t11-,14+/m0/s1. The van der Waals surface area contributed by atoms with Gasteiger partial charge in [-0.25, -0.2) is 0 Å². The van der Waals surface area contributed by atoms with Gasteiger partial charge in [-0.05, 0) is 17.0 Å². The second-order valence-electron chi connectivity index (χ2n) is 4.14. The molecule has 0 radical (unpaired) electrons. The van der Waals surface area contributed by atoms with Gasteiger partial charge in [0.2, 0.25) is 0 Å². The molecule has 0 saturated carbocycles. The lowest BCUT2D eigenvalue weighted by molar-refractivity contribution is 0.196. The van der Waals surface area contributed by atoms with Gasteiger partial charge in [0.25, 0.3) is 0 Å². The number of hydrogen-bond acceptors (Lipinski definition) is 1. The molecule has 2 atom stereocenters. The summed E-state index contributed by atoms with van der Waals surface area (Å²) in [6.45, 7) is 6.11. The summed E-state index contributed by atoms with van der Waals surface area (Å²) in [5, 5.41) is 9.65. The molecule has 1 aliphatic carbocycles. The third kappa shape index (κ3) is 1.35. The van der Waals surface area contributed by atoms with Gasteiger partial charge in [0.15, 0.2) is 0 Å². The minimum atomic E-state index is -0.314. The lowest BCUT2D eigenvalue weighted by atomic mass is 9.67. The Morgan fingerprint density at radius 3 is 2.87 bits per heavy atom. The molecule has 0 fully saturated rings. The minimum absolute atomic E-state index is 0.110. The highest BCUT2D eigenvalue weighted by molar-refractivity contribution is 5.61. The van der Waals surface area contributed by atoms with Crippen molar-refractivity contribution in [1.82, 2.24) is 0 Å². The maximum absolute atomic E-state index is 9.65. The van der Waals surface area contributed by atoms with E-state index in [4.69, 9.17) is 0 Å². The number of aliphatic hydroxyl groups excluding tert-OH is 1. The van der Waals surface area contributed by atoms with Crippen molar-refractivity contribution in [1.29, 1.82) is 0 Å². The third-order valence-electron chi connectivity index (χ3n) is 3.47.